The third kappa shape index (κ3) is 2.57. The van der Waals surface area contributed by atoms with Crippen LogP contribution in [0.2, 0.25) is 0 Å². The van der Waals surface area contributed by atoms with Crippen LogP contribution >= 0.6 is 57.5 Å². The fourth-order valence-corrected chi connectivity index (χ4v) is 5.73. The monoisotopic (exact) mass is 572 g/mol. The van der Waals surface area contributed by atoms with Crippen molar-refractivity contribution in [2.45, 2.75) is 30.8 Å². The molecule has 1 aromatic heterocycles. The van der Waals surface area contributed by atoms with E-state index in [-0.39, 0.29) is 17.5 Å². The molecule has 2 aromatic rings. The molecule has 0 amide bonds. The number of thioether (sulfide) groups is 1. The molecule has 0 radical (unpaired) electrons. The first-order valence-electron chi connectivity index (χ1n) is 7.62. The molecular weight excluding hydrogens is 557 g/mol. The van der Waals surface area contributed by atoms with Crippen molar-refractivity contribution in [3.8, 4) is 0 Å². The number of halogens is 3. The van der Waals surface area contributed by atoms with Crippen molar-refractivity contribution in [3.05, 3.63) is 27.9 Å². The molecule has 2 atom stereocenters. The summed E-state index contributed by atoms with van der Waals surface area (Å²) >= 11 is 5.85. The van der Waals surface area contributed by atoms with E-state index in [1.165, 1.54) is 2.78 Å². The van der Waals surface area contributed by atoms with E-state index in [9.17, 15) is 9.18 Å². The first-order valence-corrected chi connectivity index (χ1v) is 10.5. The van der Waals surface area contributed by atoms with Crippen LogP contribution in [-0.4, -0.2) is 41.8 Å². The fraction of sp³-hybridized carbons (Fsp3) is 0.467. The molecule has 0 spiro atoms. The molecule has 1 aromatic carbocycles. The van der Waals surface area contributed by atoms with Crippen molar-refractivity contribution in [2.24, 2.45) is 0 Å². The number of anilines is 1. The predicted molar refractivity (Wildman–Crippen MR) is 112 cm³/mol. The number of piperazine rings is 1. The van der Waals surface area contributed by atoms with Gasteiger partial charge in [-0.3, -0.25) is 0 Å². The van der Waals surface area contributed by atoms with Crippen molar-refractivity contribution >= 4 is 74.2 Å². The zero-order chi connectivity index (χ0) is 17.2. The Kier molecular flexibility index (Phi) is 4.49. The molecule has 3 heterocycles. The summed E-state index contributed by atoms with van der Waals surface area (Å²) in [6, 6.07) is 2.32. The Balaban J connectivity index is 2.05. The molecule has 24 heavy (non-hydrogen) atoms. The highest BCUT2D eigenvalue weighted by Crippen LogP contribution is 2.42. The van der Waals surface area contributed by atoms with Crippen LogP contribution in [0.15, 0.2) is 15.8 Å². The minimum absolute atomic E-state index is 0.190. The van der Waals surface area contributed by atoms with Gasteiger partial charge in [-0.25, -0.2) is 15.1 Å². The molecule has 2 unspecified atom stereocenters. The average molecular weight is 572 g/mol. The summed E-state index contributed by atoms with van der Waals surface area (Å²) in [6.07, 6.45) is 0. The predicted octanol–water partition coefficient (Wildman–Crippen LogP) is 3.38. The lowest BCUT2D eigenvalue weighted by atomic mass is 10.1. The van der Waals surface area contributed by atoms with Gasteiger partial charge in [0, 0.05) is 47.7 Å². The van der Waals surface area contributed by atoms with Crippen LogP contribution < -0.4 is 10.6 Å². The third-order valence-electron chi connectivity index (χ3n) is 4.64. The summed E-state index contributed by atoms with van der Waals surface area (Å²) in [7, 11) is 0. The highest BCUT2D eigenvalue weighted by molar-refractivity contribution is 14.1. The summed E-state index contributed by atoms with van der Waals surface area (Å²) in [5, 5.41) is 0.772. The molecule has 0 bridgehead atoms. The number of aromatic nitrogens is 2. The topological polar surface area (TPSA) is 41.4 Å². The molecular formula is C15H15FI2N4OS. The quantitative estimate of drug-likeness (QED) is 0.358. The Bertz CT molecular complexity index is 905. The molecule has 1 saturated heterocycles. The van der Waals surface area contributed by atoms with Crippen molar-refractivity contribution in [3.63, 3.8) is 0 Å². The number of hydrogen-bond donors (Lipinski definition) is 0. The van der Waals surface area contributed by atoms with E-state index in [4.69, 9.17) is 0 Å². The second-order valence-electron chi connectivity index (χ2n) is 6.28. The normalized spacial score (nSPS) is 24.1. The van der Waals surface area contributed by atoms with Gasteiger partial charge in [-0.05, 0) is 25.5 Å². The van der Waals surface area contributed by atoms with Crippen LogP contribution in [0.25, 0.3) is 10.9 Å². The van der Waals surface area contributed by atoms with Gasteiger partial charge in [0.2, 0.25) is 0 Å². The van der Waals surface area contributed by atoms with E-state index in [0.29, 0.717) is 22.3 Å². The SMILES string of the molecule is Cc1cc2c3c(nc(=O)n2I)N2CC(C)N(I)CC2CSc3c1F. The number of rotatable bonds is 0. The second-order valence-corrected chi connectivity index (χ2v) is 9.51. The zero-order valence-electron chi connectivity index (χ0n) is 13.1. The summed E-state index contributed by atoms with van der Waals surface area (Å²) < 4.78 is 18.6. The molecule has 128 valence electrons. The molecule has 2 aliphatic rings. The summed E-state index contributed by atoms with van der Waals surface area (Å²) in [5.41, 5.74) is 1.01. The molecule has 0 N–H and O–H groups in total. The van der Waals surface area contributed by atoms with E-state index in [1.54, 1.807) is 24.8 Å². The molecule has 0 aliphatic carbocycles. The van der Waals surface area contributed by atoms with Crippen LogP contribution in [-0.2, 0) is 0 Å². The molecule has 2 aliphatic heterocycles. The number of benzene rings is 1. The minimum atomic E-state index is -0.301. The lowest BCUT2D eigenvalue weighted by Gasteiger charge is -2.42. The lowest BCUT2D eigenvalue weighted by Crippen LogP contribution is -2.55. The molecule has 4 rings (SSSR count). The first kappa shape index (κ1) is 17.3. The number of fused-ring (bicyclic) bond motifs is 2. The van der Waals surface area contributed by atoms with Gasteiger partial charge in [0.25, 0.3) is 0 Å². The Morgan fingerprint density at radius 3 is 2.88 bits per heavy atom. The summed E-state index contributed by atoms with van der Waals surface area (Å²) in [6.45, 7) is 5.57. The standard InChI is InChI=1S/C15H15FI2N4OS/c1-7-3-10-11-13(12(7)16)24-6-9-5-21(17)8(2)4-20(9)14(11)19-15(23)22(10)18/h3,8-9H,4-6H2,1-2H3. The maximum atomic E-state index is 14.8. The van der Waals surface area contributed by atoms with Gasteiger partial charge in [0.05, 0.1) is 44.7 Å². The van der Waals surface area contributed by atoms with Crippen LogP contribution in [0.1, 0.15) is 12.5 Å². The van der Waals surface area contributed by atoms with Gasteiger partial charge in [0.15, 0.2) is 0 Å². The Labute approximate surface area is 171 Å². The van der Waals surface area contributed by atoms with E-state index in [0.717, 1.165) is 29.7 Å². The van der Waals surface area contributed by atoms with Crippen molar-refractivity contribution in [1.82, 2.24) is 10.9 Å². The van der Waals surface area contributed by atoms with Gasteiger partial charge in [-0.1, -0.05) is 0 Å². The number of aryl methyl sites for hydroxylation is 1. The number of hydrogen-bond acceptors (Lipinski definition) is 5. The Morgan fingerprint density at radius 2 is 2.12 bits per heavy atom. The third-order valence-corrected chi connectivity index (χ3v) is 8.14. The fourth-order valence-electron chi connectivity index (χ4n) is 3.34. The molecule has 1 fully saturated rings. The largest absolute Gasteiger partial charge is 0.359 e. The summed E-state index contributed by atoms with van der Waals surface area (Å²) in [5.74, 6) is 1.24. The van der Waals surface area contributed by atoms with E-state index in [2.05, 4.69) is 42.8 Å². The van der Waals surface area contributed by atoms with Gasteiger partial charge >= 0.3 is 5.69 Å². The maximum Gasteiger partial charge on any atom is 0.359 e. The minimum Gasteiger partial charge on any atom is -0.349 e. The van der Waals surface area contributed by atoms with Crippen LogP contribution in [0.3, 0.4) is 0 Å². The first-order chi connectivity index (χ1) is 11.4. The number of nitrogens with zero attached hydrogens (tertiary/aromatic N) is 4. The van der Waals surface area contributed by atoms with E-state index < -0.39 is 0 Å². The summed E-state index contributed by atoms with van der Waals surface area (Å²) in [4.78, 5) is 19.5. The van der Waals surface area contributed by atoms with Crippen LogP contribution in [0.5, 0.6) is 0 Å². The van der Waals surface area contributed by atoms with Crippen LogP contribution in [0.4, 0.5) is 10.2 Å². The molecule has 9 heteroatoms. The second kappa shape index (κ2) is 6.23. The van der Waals surface area contributed by atoms with Crippen molar-refractivity contribution in [1.29, 1.82) is 0 Å². The van der Waals surface area contributed by atoms with Crippen molar-refractivity contribution < 1.29 is 4.39 Å². The lowest BCUT2D eigenvalue weighted by molar-refractivity contribution is 0.322. The molecule has 0 saturated carbocycles. The van der Waals surface area contributed by atoms with E-state index >= 15 is 0 Å². The van der Waals surface area contributed by atoms with E-state index in [1.807, 2.05) is 22.9 Å². The van der Waals surface area contributed by atoms with Gasteiger partial charge < -0.3 is 4.90 Å². The Morgan fingerprint density at radius 1 is 1.38 bits per heavy atom. The smallest absolute Gasteiger partial charge is 0.349 e. The zero-order valence-corrected chi connectivity index (χ0v) is 18.2. The average Bonchev–Trinajstić information content (AvgIpc) is 2.68. The van der Waals surface area contributed by atoms with Crippen molar-refractivity contribution in [2.75, 3.05) is 23.7 Å². The molecule has 5 nitrogen and oxygen atoms in total. The maximum absolute atomic E-state index is 14.8. The Hall–Kier alpha value is -0.140. The van der Waals surface area contributed by atoms with Crippen LogP contribution in [0, 0.1) is 12.7 Å². The van der Waals surface area contributed by atoms with Gasteiger partial charge in [0.1, 0.15) is 11.6 Å². The van der Waals surface area contributed by atoms with Gasteiger partial charge in [-0.15, -0.1) is 11.8 Å². The highest BCUT2D eigenvalue weighted by atomic mass is 127. The highest BCUT2D eigenvalue weighted by Gasteiger charge is 2.36. The van der Waals surface area contributed by atoms with Gasteiger partial charge in [-0.2, -0.15) is 4.98 Å².